The molecule has 12 heterocycles. The van der Waals surface area contributed by atoms with Gasteiger partial charge in [0.25, 0.3) is 0 Å². The van der Waals surface area contributed by atoms with Gasteiger partial charge in [-0.1, -0.05) is 206 Å². The van der Waals surface area contributed by atoms with Gasteiger partial charge in [0.2, 0.25) is 11.6 Å². The van der Waals surface area contributed by atoms with Gasteiger partial charge in [0.1, 0.15) is 22.6 Å². The summed E-state index contributed by atoms with van der Waals surface area (Å²) in [5, 5.41) is 5.20. The molecule has 0 aliphatic heterocycles. The first-order valence-corrected chi connectivity index (χ1v) is 46.2. The second-order valence-corrected chi connectivity index (χ2v) is 36.6. The van der Waals surface area contributed by atoms with Crippen molar-refractivity contribution in [3.63, 3.8) is 0 Å². The maximum atomic E-state index is 4.88. The molecule has 0 spiro atoms. The van der Waals surface area contributed by atoms with Crippen molar-refractivity contribution in [1.29, 1.82) is 0 Å². The summed E-state index contributed by atoms with van der Waals surface area (Å²) in [7, 11) is 0. The van der Waals surface area contributed by atoms with Crippen molar-refractivity contribution in [1.82, 2.24) is 63.8 Å². The van der Waals surface area contributed by atoms with E-state index in [2.05, 4.69) is 487 Å². The molecule has 0 saturated carbocycles. The van der Waals surface area contributed by atoms with Gasteiger partial charge in [-0.25, -0.2) is 9.97 Å². The van der Waals surface area contributed by atoms with Gasteiger partial charge >= 0.3 is 0 Å². The highest BCUT2D eigenvalue weighted by Gasteiger charge is 2.27. The number of fused-ring (bicyclic) bond motifs is 18. The number of nitrogens with zero attached hydrogens (tertiary/aromatic N) is 14. The van der Waals surface area contributed by atoms with Gasteiger partial charge in [-0.15, -0.1) is 0 Å². The highest BCUT2D eigenvalue weighted by Crippen LogP contribution is 2.40. The summed E-state index contributed by atoms with van der Waals surface area (Å²) in [4.78, 5) is 9.76. The van der Waals surface area contributed by atoms with Crippen molar-refractivity contribution in [2.75, 3.05) is 0 Å². The van der Waals surface area contributed by atoms with E-state index in [0.717, 1.165) is 22.6 Å². The van der Waals surface area contributed by atoms with Crippen LogP contribution in [0.2, 0.25) is 0 Å². The zero-order valence-corrected chi connectivity index (χ0v) is 80.8. The number of benzene rings is 12. The Morgan fingerprint density at radius 2 is 0.424 bits per heavy atom. The fourth-order valence-electron chi connectivity index (χ4n) is 21.0. The molecule has 0 bridgehead atoms. The minimum Gasteiger partial charge on any atom is -0.304 e. The Bertz CT molecular complexity index is 8060. The maximum absolute atomic E-state index is 4.88. The van der Waals surface area contributed by atoms with Crippen molar-refractivity contribution in [3.8, 4) is 34.1 Å². The number of rotatable bonds is 6. The van der Waals surface area contributed by atoms with Gasteiger partial charge in [-0.2, -0.15) is 0 Å². The van der Waals surface area contributed by atoms with E-state index in [4.69, 9.17) is 9.97 Å². The van der Waals surface area contributed by atoms with E-state index < -0.39 is 0 Å². The predicted molar refractivity (Wildman–Crippen MR) is 555 cm³/mol. The molecule has 12 aromatic heterocycles. The number of hydrogen-bond acceptors (Lipinski definition) is 2. The zero-order chi connectivity index (χ0) is 92.6. The molecule has 0 radical (unpaired) electrons. The lowest BCUT2D eigenvalue weighted by Gasteiger charge is -2.14. The van der Waals surface area contributed by atoms with Crippen LogP contribution < -0.4 is 0 Å². The Morgan fingerprint density at radius 1 is 0.182 bits per heavy atom. The minimum absolute atomic E-state index is 0.994. The number of aryl methyl sites for hydroxylation is 20. The molecule has 660 valence electrons. The highest BCUT2D eigenvalue weighted by atomic mass is 15.2. The van der Waals surface area contributed by atoms with E-state index in [0.29, 0.717) is 0 Å². The van der Waals surface area contributed by atoms with Crippen LogP contribution in [0, 0.1) is 166 Å². The van der Waals surface area contributed by atoms with E-state index in [9.17, 15) is 0 Å². The third kappa shape index (κ3) is 14.0. The Labute approximate surface area is 773 Å². The van der Waals surface area contributed by atoms with Crippen LogP contribution in [0.15, 0.2) is 279 Å². The van der Waals surface area contributed by atoms with Crippen LogP contribution in [0.5, 0.6) is 0 Å². The van der Waals surface area contributed by atoms with Crippen molar-refractivity contribution in [2.45, 2.75) is 166 Å². The summed E-state index contributed by atoms with van der Waals surface area (Å²) in [5.74, 6) is 1.99. The van der Waals surface area contributed by atoms with Crippen LogP contribution in [0.25, 0.3) is 134 Å². The number of para-hydroxylation sites is 14. The molecule has 0 saturated heterocycles. The average molecular weight is 1730 g/mol. The first kappa shape index (κ1) is 86.4. The molecule has 0 fully saturated rings. The van der Waals surface area contributed by atoms with Gasteiger partial charge < -0.3 is 8.80 Å². The monoisotopic (exact) mass is 1730 g/mol. The number of hydrogen-bond donors (Lipinski definition) is 0. The molecule has 132 heavy (non-hydrogen) atoms. The maximum Gasteiger partial charge on any atom is 0.220 e. The number of aromatic nitrogens is 14. The fraction of sp³-hybridized carbons (Fsp3) is 0.203. The van der Waals surface area contributed by atoms with Gasteiger partial charge in [0.15, 0.2) is 0 Å². The van der Waals surface area contributed by atoms with E-state index in [1.807, 2.05) is 12.1 Å². The van der Waals surface area contributed by atoms with E-state index in [-0.39, 0.29) is 0 Å². The van der Waals surface area contributed by atoms with Crippen LogP contribution in [0.1, 0.15) is 135 Å². The molecule has 0 unspecified atom stereocenters. The lowest BCUT2D eigenvalue weighted by molar-refractivity contribution is 0.995. The van der Waals surface area contributed by atoms with Crippen molar-refractivity contribution in [2.24, 2.45) is 0 Å². The molecular formula is C118H118N14. The third-order valence-corrected chi connectivity index (χ3v) is 28.3. The smallest absolute Gasteiger partial charge is 0.220 e. The third-order valence-electron chi connectivity index (χ3n) is 28.3. The Morgan fingerprint density at radius 3 is 0.727 bits per heavy atom. The molecule has 24 aromatic rings. The summed E-state index contributed by atoms with van der Waals surface area (Å²) in [5.41, 5.74) is 53.2. The normalized spacial score (nSPS) is 11.6. The first-order chi connectivity index (χ1) is 63.6. The lowest BCUT2D eigenvalue weighted by Crippen LogP contribution is -2.02. The largest absolute Gasteiger partial charge is 0.304 e. The molecule has 0 N–H and O–H groups in total. The van der Waals surface area contributed by atoms with Gasteiger partial charge in [-0.05, 0) is 305 Å². The van der Waals surface area contributed by atoms with Gasteiger partial charge in [0, 0.05) is 90.9 Å². The summed E-state index contributed by atoms with van der Waals surface area (Å²) >= 11 is 0. The van der Waals surface area contributed by atoms with Crippen molar-refractivity contribution < 1.29 is 0 Å². The van der Waals surface area contributed by atoms with Gasteiger partial charge in [-0.3, -0.25) is 45.0 Å². The van der Waals surface area contributed by atoms with Crippen LogP contribution in [0.4, 0.5) is 0 Å². The first-order valence-electron chi connectivity index (χ1n) is 46.2. The van der Waals surface area contributed by atoms with Crippen molar-refractivity contribution in [3.05, 3.63) is 414 Å². The van der Waals surface area contributed by atoms with Crippen LogP contribution in [-0.4, -0.2) is 63.8 Å². The van der Waals surface area contributed by atoms with Crippen LogP contribution in [-0.2, 0) is 0 Å². The lowest BCUT2D eigenvalue weighted by atomic mass is 10.1. The quantitative estimate of drug-likeness (QED) is 0.166. The average Bonchev–Trinajstić information content (AvgIpc) is 1.64. The molecular weight excluding hydrogens is 1610 g/mol. The van der Waals surface area contributed by atoms with Gasteiger partial charge in [0.05, 0.1) is 78.3 Å². The number of imidazole rings is 8. The predicted octanol–water partition coefficient (Wildman–Crippen LogP) is 29.5. The fourth-order valence-corrected chi connectivity index (χ4v) is 21.0. The SMILES string of the molecule is Cc1cccc(C)c1-n1c(C)c(C)n2c3ccccc3nc12.Cc1cccc(C)c1-n1c(C)c(C)n2c3ccccc3nc12.Cc1cccc(C)c1-n1c(C)c(C)n2cc3ccccc3c12.Cc1cccc(C)c1-n1c(C)c(C)n2cc3ccccc3c12.Cc1cccc(C)c1-n1c2ccccc2n2c(C)c(C)cc12.Cc1cccc(C)c1-n1c2ccccc2n2c(C)c(C)cc12. The summed E-state index contributed by atoms with van der Waals surface area (Å²) in [6.45, 7) is 52.5. The Balaban J connectivity index is 0.000000102. The summed E-state index contributed by atoms with van der Waals surface area (Å²) in [6, 6.07) is 94.7. The standard InChI is InChI=1S/4C20H20N2.2C19H19N3/c2*1-13-8-7-9-14(2)19(13)22-16(4)15(3)21-12-17-10-5-6-11-18(17)20(21)22;2*1-13-8-7-9-14(2)20(13)22-18-11-6-5-10-17(18)21-16(4)15(3)12-19(21)22;2*1-12-8-7-9-13(2)18(12)22-15(4)14(3)21-17-11-6-5-10-16(17)20-19(21)22/h4*5-12H,1-4H3;2*5-11H,1-4H3. The Hall–Kier alpha value is -15.0. The van der Waals surface area contributed by atoms with Crippen LogP contribution >= 0.6 is 0 Å². The minimum atomic E-state index is 0.994. The summed E-state index contributed by atoms with van der Waals surface area (Å²) < 4.78 is 28.1. The summed E-state index contributed by atoms with van der Waals surface area (Å²) in [6.07, 6.45) is 4.49. The van der Waals surface area contributed by atoms with E-state index in [1.165, 1.54) is 246 Å². The van der Waals surface area contributed by atoms with Crippen LogP contribution in [0.3, 0.4) is 0 Å². The van der Waals surface area contributed by atoms with Crippen molar-refractivity contribution >= 4 is 99.8 Å². The zero-order valence-electron chi connectivity index (χ0n) is 80.8. The Kier molecular flexibility index (Phi) is 22.1. The van der Waals surface area contributed by atoms with E-state index >= 15 is 0 Å². The second kappa shape index (κ2) is 33.8. The second-order valence-electron chi connectivity index (χ2n) is 36.6. The molecule has 14 nitrogen and oxygen atoms in total. The molecule has 14 heteroatoms. The molecule has 0 atom stereocenters. The molecule has 0 amide bonds. The molecule has 12 aromatic carbocycles. The van der Waals surface area contributed by atoms with E-state index in [1.54, 1.807) is 0 Å². The topological polar surface area (TPSA) is 81.8 Å². The highest BCUT2D eigenvalue weighted by molar-refractivity contribution is 5.99. The molecule has 0 aliphatic rings. The molecule has 0 aliphatic carbocycles. The molecule has 24 rings (SSSR count).